The third-order valence-electron chi connectivity index (χ3n) is 2.62. The summed E-state index contributed by atoms with van der Waals surface area (Å²) >= 11 is 1.18. The van der Waals surface area contributed by atoms with Crippen LogP contribution in [0.15, 0.2) is 24.3 Å². The molecular weight excluding hydrogens is 294 g/mol. The summed E-state index contributed by atoms with van der Waals surface area (Å²) in [6, 6.07) is 4.53. The Morgan fingerprint density at radius 1 is 1.38 bits per heavy atom. The SMILES string of the molecule is Cc1cc(C(=O)Nc2cc(F)ccc2F)sc1C#CCN. The van der Waals surface area contributed by atoms with Crippen LogP contribution in [0.5, 0.6) is 0 Å². The summed E-state index contributed by atoms with van der Waals surface area (Å²) < 4.78 is 26.5. The number of amides is 1. The number of hydrogen-bond donors (Lipinski definition) is 2. The van der Waals surface area contributed by atoms with Crippen molar-refractivity contribution in [2.24, 2.45) is 5.73 Å². The summed E-state index contributed by atoms with van der Waals surface area (Å²) in [5.74, 6) is 3.75. The van der Waals surface area contributed by atoms with Gasteiger partial charge < -0.3 is 11.1 Å². The molecule has 2 aromatic rings. The van der Waals surface area contributed by atoms with E-state index in [-0.39, 0.29) is 12.2 Å². The van der Waals surface area contributed by atoms with Crippen molar-refractivity contribution in [3.63, 3.8) is 0 Å². The van der Waals surface area contributed by atoms with Gasteiger partial charge in [-0.25, -0.2) is 8.78 Å². The Hall–Kier alpha value is -2.23. The van der Waals surface area contributed by atoms with E-state index in [1.165, 1.54) is 11.3 Å². The molecule has 3 N–H and O–H groups in total. The summed E-state index contributed by atoms with van der Waals surface area (Å²) in [5, 5.41) is 2.35. The van der Waals surface area contributed by atoms with Crippen LogP contribution in [-0.2, 0) is 0 Å². The number of thiophene rings is 1. The van der Waals surface area contributed by atoms with Gasteiger partial charge in [-0.15, -0.1) is 11.3 Å². The molecule has 0 saturated heterocycles. The van der Waals surface area contributed by atoms with Crippen molar-refractivity contribution in [1.82, 2.24) is 0 Å². The van der Waals surface area contributed by atoms with Crippen LogP contribution < -0.4 is 11.1 Å². The maximum absolute atomic E-state index is 13.5. The van der Waals surface area contributed by atoms with Gasteiger partial charge in [0.1, 0.15) is 11.6 Å². The third kappa shape index (κ3) is 3.66. The zero-order chi connectivity index (χ0) is 15.4. The van der Waals surface area contributed by atoms with Gasteiger partial charge in [0.15, 0.2) is 0 Å². The summed E-state index contributed by atoms with van der Waals surface area (Å²) in [6.45, 7) is 2.05. The van der Waals surface area contributed by atoms with Crippen molar-refractivity contribution >= 4 is 22.9 Å². The molecule has 1 amide bonds. The molecule has 1 aromatic carbocycles. The molecule has 2 rings (SSSR count). The lowest BCUT2D eigenvalue weighted by atomic mass is 10.2. The summed E-state index contributed by atoms with van der Waals surface area (Å²) in [7, 11) is 0. The minimum atomic E-state index is -0.693. The first-order valence-corrected chi connectivity index (χ1v) is 6.88. The lowest BCUT2D eigenvalue weighted by molar-refractivity contribution is 0.103. The highest BCUT2D eigenvalue weighted by molar-refractivity contribution is 7.14. The highest BCUT2D eigenvalue weighted by atomic mass is 32.1. The molecular formula is C15H12F2N2OS. The first-order chi connectivity index (χ1) is 10.0. The number of anilines is 1. The summed E-state index contributed by atoms with van der Waals surface area (Å²) in [5.41, 5.74) is 5.95. The van der Waals surface area contributed by atoms with Crippen LogP contribution in [0.1, 0.15) is 20.1 Å². The number of nitrogens with one attached hydrogen (secondary N) is 1. The van der Waals surface area contributed by atoms with Gasteiger partial charge in [-0.3, -0.25) is 4.79 Å². The number of nitrogens with two attached hydrogens (primary N) is 1. The minimum Gasteiger partial charge on any atom is -0.320 e. The Morgan fingerprint density at radius 3 is 2.86 bits per heavy atom. The monoisotopic (exact) mass is 306 g/mol. The molecule has 0 aliphatic carbocycles. The van der Waals surface area contributed by atoms with E-state index >= 15 is 0 Å². The van der Waals surface area contributed by atoms with Crippen molar-refractivity contribution in [3.8, 4) is 11.8 Å². The number of halogens is 2. The summed E-state index contributed by atoms with van der Waals surface area (Å²) in [6.07, 6.45) is 0. The molecule has 0 spiro atoms. The Labute approximate surface area is 124 Å². The largest absolute Gasteiger partial charge is 0.320 e. The second kappa shape index (κ2) is 6.48. The summed E-state index contributed by atoms with van der Waals surface area (Å²) in [4.78, 5) is 13.2. The van der Waals surface area contributed by atoms with E-state index < -0.39 is 17.5 Å². The predicted octanol–water partition coefficient (Wildman–Crippen LogP) is 2.90. The normalized spacial score (nSPS) is 9.90. The van der Waals surface area contributed by atoms with Gasteiger partial charge in [-0.1, -0.05) is 11.8 Å². The fraction of sp³-hybridized carbons (Fsp3) is 0.133. The highest BCUT2D eigenvalue weighted by Gasteiger charge is 2.14. The number of aryl methyl sites for hydroxylation is 1. The van der Waals surface area contributed by atoms with E-state index in [4.69, 9.17) is 5.73 Å². The molecule has 0 bridgehead atoms. The number of hydrogen-bond acceptors (Lipinski definition) is 3. The van der Waals surface area contributed by atoms with Crippen LogP contribution in [-0.4, -0.2) is 12.5 Å². The standard InChI is InChI=1S/C15H12F2N2OS/c1-9-7-14(21-13(9)3-2-6-18)15(20)19-12-8-10(16)4-5-11(12)17/h4-5,7-8H,6,18H2,1H3,(H,19,20). The van der Waals surface area contributed by atoms with Crippen molar-refractivity contribution < 1.29 is 13.6 Å². The fourth-order valence-electron chi connectivity index (χ4n) is 1.63. The second-order valence-corrected chi connectivity index (χ2v) is 5.26. The van der Waals surface area contributed by atoms with Gasteiger partial charge in [-0.05, 0) is 30.7 Å². The maximum Gasteiger partial charge on any atom is 0.265 e. The molecule has 0 aliphatic heterocycles. The molecule has 3 nitrogen and oxygen atoms in total. The Morgan fingerprint density at radius 2 is 2.14 bits per heavy atom. The van der Waals surface area contributed by atoms with Crippen molar-refractivity contribution in [1.29, 1.82) is 0 Å². The van der Waals surface area contributed by atoms with Crippen LogP contribution in [0.2, 0.25) is 0 Å². The first-order valence-electron chi connectivity index (χ1n) is 6.07. The molecule has 0 radical (unpaired) electrons. The average molecular weight is 306 g/mol. The molecule has 108 valence electrons. The van der Waals surface area contributed by atoms with Gasteiger partial charge in [0.25, 0.3) is 5.91 Å². The molecule has 0 fully saturated rings. The fourth-order valence-corrected chi connectivity index (χ4v) is 2.57. The zero-order valence-corrected chi connectivity index (χ0v) is 12.0. The number of carbonyl (C=O) groups is 1. The lowest BCUT2D eigenvalue weighted by Crippen LogP contribution is -2.11. The van der Waals surface area contributed by atoms with Crippen LogP contribution >= 0.6 is 11.3 Å². The second-order valence-electron chi connectivity index (χ2n) is 4.21. The molecule has 1 heterocycles. The van der Waals surface area contributed by atoms with Crippen molar-refractivity contribution in [2.75, 3.05) is 11.9 Å². The van der Waals surface area contributed by atoms with Gasteiger partial charge in [0.05, 0.1) is 22.0 Å². The van der Waals surface area contributed by atoms with Crippen LogP contribution in [0, 0.1) is 30.4 Å². The number of carbonyl (C=O) groups excluding carboxylic acids is 1. The lowest BCUT2D eigenvalue weighted by Gasteiger charge is -2.04. The van der Waals surface area contributed by atoms with E-state index in [0.717, 1.165) is 28.6 Å². The molecule has 0 atom stereocenters. The molecule has 1 aromatic heterocycles. The van der Waals surface area contributed by atoms with E-state index in [9.17, 15) is 13.6 Å². The molecule has 0 unspecified atom stereocenters. The number of rotatable bonds is 2. The number of benzene rings is 1. The average Bonchev–Trinajstić information content (AvgIpc) is 2.82. The maximum atomic E-state index is 13.5. The Kier molecular flexibility index (Phi) is 4.68. The van der Waals surface area contributed by atoms with Gasteiger partial charge in [0.2, 0.25) is 0 Å². The molecule has 21 heavy (non-hydrogen) atoms. The Bertz CT molecular complexity index is 744. The van der Waals surface area contributed by atoms with Gasteiger partial charge >= 0.3 is 0 Å². The van der Waals surface area contributed by atoms with E-state index in [2.05, 4.69) is 17.2 Å². The topological polar surface area (TPSA) is 55.1 Å². The third-order valence-corrected chi connectivity index (χ3v) is 3.77. The van der Waals surface area contributed by atoms with Crippen LogP contribution in [0.3, 0.4) is 0 Å². The quantitative estimate of drug-likeness (QED) is 0.838. The van der Waals surface area contributed by atoms with E-state index in [1.54, 1.807) is 6.07 Å². The van der Waals surface area contributed by atoms with E-state index in [1.807, 2.05) is 6.92 Å². The first kappa shape index (κ1) is 15.2. The predicted molar refractivity (Wildman–Crippen MR) is 79.3 cm³/mol. The molecule has 6 heteroatoms. The van der Waals surface area contributed by atoms with Crippen LogP contribution in [0.25, 0.3) is 0 Å². The van der Waals surface area contributed by atoms with Crippen molar-refractivity contribution in [2.45, 2.75) is 6.92 Å². The van der Waals surface area contributed by atoms with Crippen molar-refractivity contribution in [3.05, 3.63) is 51.2 Å². The smallest absolute Gasteiger partial charge is 0.265 e. The Balaban J connectivity index is 2.23. The minimum absolute atomic E-state index is 0.194. The van der Waals surface area contributed by atoms with Gasteiger partial charge in [-0.2, -0.15) is 0 Å². The van der Waals surface area contributed by atoms with Crippen LogP contribution in [0.4, 0.5) is 14.5 Å². The van der Waals surface area contributed by atoms with Gasteiger partial charge in [0, 0.05) is 6.07 Å². The molecule has 0 saturated carbocycles. The zero-order valence-electron chi connectivity index (χ0n) is 11.2. The van der Waals surface area contributed by atoms with E-state index in [0.29, 0.717) is 4.88 Å². The molecule has 0 aliphatic rings. The highest BCUT2D eigenvalue weighted by Crippen LogP contribution is 2.23.